The van der Waals surface area contributed by atoms with Crippen LogP contribution in [-0.4, -0.2) is 42.1 Å². The summed E-state index contributed by atoms with van der Waals surface area (Å²) in [6.45, 7) is 9.06. The second-order valence-electron chi connectivity index (χ2n) is 7.92. The molecular weight excluding hydrogens is 432 g/mol. The first-order valence-electron chi connectivity index (χ1n) is 11.4. The highest BCUT2D eigenvalue weighted by Crippen LogP contribution is 2.24. The number of aromatic amines is 1. The first-order chi connectivity index (χ1) is 16.4. The van der Waals surface area contributed by atoms with Crippen molar-refractivity contribution in [2.75, 3.05) is 20.3 Å². The monoisotopic (exact) mass is 464 g/mol. The number of hydrogen-bond donors (Lipinski definition) is 1. The Bertz CT molecular complexity index is 1120. The molecule has 34 heavy (non-hydrogen) atoms. The maximum absolute atomic E-state index is 13.6. The molecule has 0 spiro atoms. The number of hydrogen-bond acceptors (Lipinski definition) is 5. The Morgan fingerprint density at radius 1 is 0.882 bits per heavy atom. The van der Waals surface area contributed by atoms with E-state index in [0.29, 0.717) is 37.6 Å². The first-order valence-corrected chi connectivity index (χ1v) is 11.4. The van der Waals surface area contributed by atoms with Crippen molar-refractivity contribution >= 4 is 11.9 Å². The van der Waals surface area contributed by atoms with Crippen molar-refractivity contribution in [2.45, 2.75) is 40.8 Å². The number of carbonyl (C=O) groups excluding carboxylic acids is 2. The van der Waals surface area contributed by atoms with Gasteiger partial charge in [-0.05, 0) is 80.8 Å². The number of amides is 1. The van der Waals surface area contributed by atoms with Crippen LogP contribution in [0.4, 0.5) is 0 Å². The number of carbonyl (C=O) groups is 2. The molecule has 180 valence electrons. The van der Waals surface area contributed by atoms with E-state index in [0.717, 1.165) is 33.9 Å². The summed E-state index contributed by atoms with van der Waals surface area (Å²) in [6.07, 6.45) is 0. The number of methoxy groups -OCH3 is 1. The molecule has 0 saturated carbocycles. The van der Waals surface area contributed by atoms with Gasteiger partial charge in [0, 0.05) is 24.3 Å². The Balaban J connectivity index is 1.93. The van der Waals surface area contributed by atoms with Gasteiger partial charge in [0.1, 0.15) is 17.2 Å². The smallest absolute Gasteiger partial charge is 0.355 e. The van der Waals surface area contributed by atoms with Gasteiger partial charge < -0.3 is 24.1 Å². The van der Waals surface area contributed by atoms with E-state index in [-0.39, 0.29) is 5.91 Å². The lowest BCUT2D eigenvalue weighted by Gasteiger charge is -2.24. The van der Waals surface area contributed by atoms with Crippen LogP contribution in [0.2, 0.25) is 0 Å². The van der Waals surface area contributed by atoms with Crippen molar-refractivity contribution < 1.29 is 23.8 Å². The van der Waals surface area contributed by atoms with Crippen LogP contribution in [0, 0.1) is 13.8 Å². The fourth-order valence-electron chi connectivity index (χ4n) is 3.82. The number of nitrogens with one attached hydrogen (secondary N) is 1. The van der Waals surface area contributed by atoms with E-state index in [4.69, 9.17) is 14.2 Å². The minimum atomic E-state index is -0.395. The highest BCUT2D eigenvalue weighted by atomic mass is 16.5. The Morgan fingerprint density at radius 3 is 2.12 bits per heavy atom. The zero-order valence-corrected chi connectivity index (χ0v) is 20.4. The number of H-pyrrole nitrogens is 1. The van der Waals surface area contributed by atoms with Crippen LogP contribution >= 0.6 is 0 Å². The highest BCUT2D eigenvalue weighted by molar-refractivity contribution is 5.94. The van der Waals surface area contributed by atoms with Crippen LogP contribution in [0.5, 0.6) is 11.5 Å². The predicted octanol–water partition coefficient (Wildman–Crippen LogP) is 5.06. The summed E-state index contributed by atoms with van der Waals surface area (Å²) in [4.78, 5) is 30.8. The molecule has 0 atom stereocenters. The van der Waals surface area contributed by atoms with E-state index in [1.165, 1.54) is 0 Å². The van der Waals surface area contributed by atoms with E-state index >= 15 is 0 Å². The Labute approximate surface area is 200 Å². The maximum Gasteiger partial charge on any atom is 0.355 e. The van der Waals surface area contributed by atoms with E-state index in [2.05, 4.69) is 4.98 Å². The van der Waals surface area contributed by atoms with Crippen LogP contribution in [0.15, 0.2) is 48.5 Å². The molecule has 7 heteroatoms. The third-order valence-corrected chi connectivity index (χ3v) is 5.65. The molecule has 0 saturated heterocycles. The molecule has 0 bridgehead atoms. The van der Waals surface area contributed by atoms with Crippen LogP contribution in [0.25, 0.3) is 0 Å². The molecule has 7 nitrogen and oxygen atoms in total. The summed E-state index contributed by atoms with van der Waals surface area (Å²) in [5.41, 5.74) is 4.48. The van der Waals surface area contributed by atoms with Gasteiger partial charge in [-0.15, -0.1) is 0 Å². The van der Waals surface area contributed by atoms with Crippen molar-refractivity contribution in [1.29, 1.82) is 0 Å². The molecule has 1 aromatic heterocycles. The molecule has 0 fully saturated rings. The van der Waals surface area contributed by atoms with E-state index < -0.39 is 5.97 Å². The molecule has 1 heterocycles. The summed E-state index contributed by atoms with van der Waals surface area (Å²) in [7, 11) is 1.62. The first kappa shape index (κ1) is 24.9. The van der Waals surface area contributed by atoms with Crippen LogP contribution in [0.1, 0.15) is 57.1 Å². The molecule has 0 unspecified atom stereocenters. The zero-order chi connectivity index (χ0) is 24.7. The quantitative estimate of drug-likeness (QED) is 0.424. The van der Waals surface area contributed by atoms with Gasteiger partial charge in [0.05, 0.1) is 20.3 Å². The SMILES string of the molecule is CCOC(=O)c1[nH]c(C)c(CN(Cc2ccc(OC)cc2)C(=O)c2ccc(OCC)cc2)c1C. The number of ether oxygens (including phenoxy) is 3. The number of aromatic nitrogens is 1. The molecule has 1 amide bonds. The number of benzene rings is 2. The van der Waals surface area contributed by atoms with Gasteiger partial charge in [-0.25, -0.2) is 4.79 Å². The van der Waals surface area contributed by atoms with Gasteiger partial charge in [-0.1, -0.05) is 12.1 Å². The van der Waals surface area contributed by atoms with Crippen molar-refractivity contribution in [1.82, 2.24) is 9.88 Å². The van der Waals surface area contributed by atoms with Gasteiger partial charge in [0.2, 0.25) is 0 Å². The van der Waals surface area contributed by atoms with E-state index in [1.54, 1.807) is 43.2 Å². The topological polar surface area (TPSA) is 80.9 Å². The Hall–Kier alpha value is -3.74. The highest BCUT2D eigenvalue weighted by Gasteiger charge is 2.23. The third kappa shape index (κ3) is 5.78. The molecule has 0 aliphatic carbocycles. The van der Waals surface area contributed by atoms with Crippen LogP contribution < -0.4 is 9.47 Å². The summed E-state index contributed by atoms with van der Waals surface area (Å²) in [5, 5.41) is 0. The third-order valence-electron chi connectivity index (χ3n) is 5.65. The fraction of sp³-hybridized carbons (Fsp3) is 0.333. The fourth-order valence-corrected chi connectivity index (χ4v) is 3.82. The molecule has 0 aliphatic rings. The number of esters is 1. The van der Waals surface area contributed by atoms with Crippen molar-refractivity contribution in [2.24, 2.45) is 0 Å². The number of nitrogens with zero attached hydrogens (tertiary/aromatic N) is 1. The van der Waals surface area contributed by atoms with Crippen molar-refractivity contribution in [3.05, 3.63) is 82.2 Å². The summed E-state index contributed by atoms with van der Waals surface area (Å²) >= 11 is 0. The maximum atomic E-state index is 13.6. The second kappa shape index (κ2) is 11.4. The molecule has 3 rings (SSSR count). The van der Waals surface area contributed by atoms with Crippen LogP contribution in [0.3, 0.4) is 0 Å². The lowest BCUT2D eigenvalue weighted by molar-refractivity contribution is 0.0519. The zero-order valence-electron chi connectivity index (χ0n) is 20.4. The summed E-state index contributed by atoms with van der Waals surface area (Å²) in [6, 6.07) is 14.8. The molecule has 1 N–H and O–H groups in total. The van der Waals surface area contributed by atoms with E-state index in [1.807, 2.05) is 45.0 Å². The minimum Gasteiger partial charge on any atom is -0.497 e. The average molecular weight is 465 g/mol. The van der Waals surface area contributed by atoms with Crippen LogP contribution in [-0.2, 0) is 17.8 Å². The van der Waals surface area contributed by atoms with E-state index in [9.17, 15) is 9.59 Å². The molecular formula is C27H32N2O5. The largest absolute Gasteiger partial charge is 0.497 e. The van der Waals surface area contributed by atoms with Crippen molar-refractivity contribution in [3.8, 4) is 11.5 Å². The minimum absolute atomic E-state index is 0.114. The Morgan fingerprint density at radius 2 is 1.53 bits per heavy atom. The van der Waals surface area contributed by atoms with Crippen molar-refractivity contribution in [3.63, 3.8) is 0 Å². The molecule has 2 aromatic carbocycles. The van der Waals surface area contributed by atoms with Gasteiger partial charge >= 0.3 is 5.97 Å². The second-order valence-corrected chi connectivity index (χ2v) is 7.92. The lowest BCUT2D eigenvalue weighted by Crippen LogP contribution is -2.30. The average Bonchev–Trinajstić information content (AvgIpc) is 3.13. The molecule has 3 aromatic rings. The standard InChI is InChI=1S/C27H32N2O5/c1-6-33-23-14-10-21(11-15-23)26(30)29(16-20-8-12-22(32-5)13-9-20)17-24-18(3)25(28-19(24)4)27(31)34-7-2/h8-15,28H,6-7,16-17H2,1-5H3. The Kier molecular flexibility index (Phi) is 8.35. The molecule has 0 radical (unpaired) electrons. The number of aryl methyl sites for hydroxylation is 1. The molecule has 0 aliphatic heterocycles. The predicted molar refractivity (Wildman–Crippen MR) is 130 cm³/mol. The summed E-state index contributed by atoms with van der Waals surface area (Å²) in [5.74, 6) is 0.965. The van der Waals surface area contributed by atoms with Gasteiger partial charge in [-0.3, -0.25) is 4.79 Å². The number of rotatable bonds is 10. The van der Waals surface area contributed by atoms with Gasteiger partial charge in [0.25, 0.3) is 5.91 Å². The normalized spacial score (nSPS) is 10.6. The van der Waals surface area contributed by atoms with Gasteiger partial charge in [-0.2, -0.15) is 0 Å². The lowest BCUT2D eigenvalue weighted by atomic mass is 10.1. The van der Waals surface area contributed by atoms with Gasteiger partial charge in [0.15, 0.2) is 0 Å². The summed E-state index contributed by atoms with van der Waals surface area (Å²) < 4.78 is 15.9.